The zero-order valence-corrected chi connectivity index (χ0v) is 9.22. The maximum Gasteiger partial charge on any atom is 0.288 e. The molecular formula is C9H14N4O4. The summed E-state index contributed by atoms with van der Waals surface area (Å²) >= 11 is 0. The molecule has 0 aromatic carbocycles. The number of hydrogen-bond acceptors (Lipinski definition) is 6. The first kappa shape index (κ1) is 12.0. The van der Waals surface area contributed by atoms with Crippen molar-refractivity contribution in [2.45, 2.75) is 25.4 Å². The summed E-state index contributed by atoms with van der Waals surface area (Å²) in [6, 6.07) is 0. The number of aliphatic hydroxyl groups is 2. The van der Waals surface area contributed by atoms with E-state index < -0.39 is 24.3 Å². The van der Waals surface area contributed by atoms with Crippen LogP contribution in [0.2, 0.25) is 0 Å². The van der Waals surface area contributed by atoms with E-state index in [0.717, 1.165) is 0 Å². The van der Waals surface area contributed by atoms with Crippen molar-refractivity contribution in [1.82, 2.24) is 14.8 Å². The van der Waals surface area contributed by atoms with Gasteiger partial charge >= 0.3 is 0 Å². The van der Waals surface area contributed by atoms with Crippen LogP contribution in [0.5, 0.6) is 0 Å². The summed E-state index contributed by atoms with van der Waals surface area (Å²) < 4.78 is 6.75. The smallest absolute Gasteiger partial charge is 0.288 e. The Balaban J connectivity index is 2.19. The van der Waals surface area contributed by atoms with Gasteiger partial charge in [-0.25, -0.2) is 9.67 Å². The molecule has 0 aliphatic carbocycles. The van der Waals surface area contributed by atoms with Crippen LogP contribution in [0.1, 0.15) is 23.8 Å². The molecule has 8 nitrogen and oxygen atoms in total. The Morgan fingerprint density at radius 1 is 1.71 bits per heavy atom. The third-order valence-electron chi connectivity index (χ3n) is 2.85. The average Bonchev–Trinajstić information content (AvgIpc) is 2.87. The molecule has 1 aliphatic rings. The van der Waals surface area contributed by atoms with Gasteiger partial charge in [-0.15, -0.1) is 5.10 Å². The summed E-state index contributed by atoms with van der Waals surface area (Å²) in [5, 5.41) is 22.6. The first-order valence-corrected chi connectivity index (χ1v) is 5.20. The van der Waals surface area contributed by atoms with Crippen molar-refractivity contribution >= 4 is 5.91 Å². The van der Waals surface area contributed by atoms with Crippen molar-refractivity contribution < 1.29 is 19.7 Å². The highest BCUT2D eigenvalue weighted by molar-refractivity contribution is 5.88. The van der Waals surface area contributed by atoms with E-state index in [0.29, 0.717) is 0 Å². The van der Waals surface area contributed by atoms with E-state index in [2.05, 4.69) is 10.1 Å². The second-order valence-corrected chi connectivity index (χ2v) is 4.01. The van der Waals surface area contributed by atoms with E-state index in [4.69, 9.17) is 15.6 Å². The topological polar surface area (TPSA) is 123 Å². The normalized spacial score (nSPS) is 32.9. The molecule has 2 rings (SSSR count). The Bertz CT molecular complexity index is 421. The van der Waals surface area contributed by atoms with Crippen LogP contribution in [0.3, 0.4) is 0 Å². The molecule has 94 valence electrons. The zero-order valence-electron chi connectivity index (χ0n) is 9.22. The fourth-order valence-corrected chi connectivity index (χ4v) is 1.86. The van der Waals surface area contributed by atoms with Gasteiger partial charge in [0.15, 0.2) is 6.23 Å². The molecule has 1 aliphatic heterocycles. The first-order chi connectivity index (χ1) is 8.04. The highest BCUT2D eigenvalue weighted by atomic mass is 16.5. The lowest BCUT2D eigenvalue weighted by Gasteiger charge is -2.14. The number of rotatable bonds is 3. The third kappa shape index (κ3) is 2.02. The molecule has 0 radical (unpaired) electrons. The highest BCUT2D eigenvalue weighted by Gasteiger charge is 2.42. The van der Waals surface area contributed by atoms with Gasteiger partial charge in [-0.05, 0) is 0 Å². The Morgan fingerprint density at radius 3 is 2.88 bits per heavy atom. The van der Waals surface area contributed by atoms with Gasteiger partial charge in [0.1, 0.15) is 12.4 Å². The van der Waals surface area contributed by atoms with Crippen LogP contribution < -0.4 is 5.73 Å². The minimum absolute atomic E-state index is 0.109. The molecule has 1 aromatic heterocycles. The van der Waals surface area contributed by atoms with Crippen LogP contribution in [-0.4, -0.2) is 49.7 Å². The largest absolute Gasteiger partial charge is 0.394 e. The van der Waals surface area contributed by atoms with Crippen molar-refractivity contribution in [3.63, 3.8) is 0 Å². The minimum Gasteiger partial charge on any atom is -0.394 e. The number of hydrogen-bond donors (Lipinski definition) is 3. The van der Waals surface area contributed by atoms with Crippen LogP contribution >= 0.6 is 0 Å². The molecule has 17 heavy (non-hydrogen) atoms. The molecule has 1 aromatic rings. The van der Waals surface area contributed by atoms with E-state index >= 15 is 0 Å². The van der Waals surface area contributed by atoms with Crippen LogP contribution in [0.4, 0.5) is 0 Å². The fraction of sp³-hybridized carbons (Fsp3) is 0.667. The number of carbonyl (C=O) groups excluding carboxylic acids is 1. The molecule has 0 bridgehead atoms. The monoisotopic (exact) mass is 242 g/mol. The first-order valence-electron chi connectivity index (χ1n) is 5.20. The van der Waals surface area contributed by atoms with Gasteiger partial charge in [0.2, 0.25) is 5.82 Å². The standard InChI is InChI=1S/C9H14N4O4/c1-4-6(15)5(2-14)17-9(4)13-3-11-8(12-13)7(10)16/h3-6,9,14-15H,2H2,1H3,(H2,10,16)/t4-,5-,6?,9-/m1/s1. The van der Waals surface area contributed by atoms with Gasteiger partial charge < -0.3 is 20.7 Å². The molecule has 4 N–H and O–H groups in total. The molecule has 2 heterocycles. The third-order valence-corrected chi connectivity index (χ3v) is 2.85. The summed E-state index contributed by atoms with van der Waals surface area (Å²) in [5.41, 5.74) is 5.03. The van der Waals surface area contributed by atoms with E-state index in [-0.39, 0.29) is 18.3 Å². The minimum atomic E-state index is -0.786. The van der Waals surface area contributed by atoms with E-state index in [9.17, 15) is 9.90 Å². The molecule has 8 heteroatoms. The molecule has 0 spiro atoms. The van der Waals surface area contributed by atoms with Crippen molar-refractivity contribution in [2.24, 2.45) is 11.7 Å². The van der Waals surface area contributed by atoms with E-state index in [1.807, 2.05) is 0 Å². The van der Waals surface area contributed by atoms with Gasteiger partial charge in [0, 0.05) is 5.92 Å². The molecule has 1 saturated heterocycles. The van der Waals surface area contributed by atoms with Gasteiger partial charge in [-0.1, -0.05) is 6.92 Å². The summed E-state index contributed by atoms with van der Waals surface area (Å²) in [7, 11) is 0. The Morgan fingerprint density at radius 2 is 2.41 bits per heavy atom. The number of carbonyl (C=O) groups is 1. The van der Waals surface area contributed by atoms with E-state index in [1.54, 1.807) is 6.92 Å². The maximum absolute atomic E-state index is 10.8. The number of primary amides is 1. The summed E-state index contributed by atoms with van der Waals surface area (Å²) in [5.74, 6) is -1.11. The predicted octanol–water partition coefficient (Wildman–Crippen LogP) is -1.74. The van der Waals surface area contributed by atoms with Crippen molar-refractivity contribution in [3.8, 4) is 0 Å². The van der Waals surface area contributed by atoms with Crippen LogP contribution in [0, 0.1) is 5.92 Å². The second kappa shape index (κ2) is 4.40. The lowest BCUT2D eigenvalue weighted by molar-refractivity contribution is -0.0506. The lowest BCUT2D eigenvalue weighted by atomic mass is 10.0. The number of nitrogens with two attached hydrogens (primary N) is 1. The zero-order chi connectivity index (χ0) is 12.6. The lowest BCUT2D eigenvalue weighted by Crippen LogP contribution is -2.28. The second-order valence-electron chi connectivity index (χ2n) is 4.01. The van der Waals surface area contributed by atoms with E-state index in [1.165, 1.54) is 11.0 Å². The molecule has 1 unspecified atom stereocenters. The molecule has 4 atom stereocenters. The Hall–Kier alpha value is -1.51. The van der Waals surface area contributed by atoms with Gasteiger partial charge in [0.05, 0.1) is 12.7 Å². The van der Waals surface area contributed by atoms with Crippen molar-refractivity contribution in [1.29, 1.82) is 0 Å². The van der Waals surface area contributed by atoms with Crippen molar-refractivity contribution in [3.05, 3.63) is 12.2 Å². The maximum atomic E-state index is 10.8. The predicted molar refractivity (Wildman–Crippen MR) is 54.7 cm³/mol. The molecular weight excluding hydrogens is 228 g/mol. The number of ether oxygens (including phenoxy) is 1. The molecule has 1 amide bonds. The van der Waals surface area contributed by atoms with Crippen LogP contribution in [-0.2, 0) is 4.74 Å². The highest BCUT2D eigenvalue weighted by Crippen LogP contribution is 2.33. The fourth-order valence-electron chi connectivity index (χ4n) is 1.86. The Labute approximate surface area is 97.0 Å². The van der Waals surface area contributed by atoms with Crippen LogP contribution in [0.15, 0.2) is 6.33 Å². The van der Waals surface area contributed by atoms with Crippen molar-refractivity contribution in [2.75, 3.05) is 6.61 Å². The van der Waals surface area contributed by atoms with Crippen LogP contribution in [0.25, 0.3) is 0 Å². The SMILES string of the molecule is C[C@@H]1C(O)[C@@H](CO)O[C@H]1n1cnc(C(N)=O)n1. The molecule has 0 saturated carbocycles. The molecule has 1 fully saturated rings. The van der Waals surface area contributed by atoms with Gasteiger partial charge in [0.25, 0.3) is 5.91 Å². The summed E-state index contributed by atoms with van der Waals surface area (Å²) in [4.78, 5) is 14.6. The number of amides is 1. The number of aliphatic hydroxyl groups excluding tert-OH is 2. The summed E-state index contributed by atoms with van der Waals surface area (Å²) in [6.45, 7) is 1.48. The average molecular weight is 242 g/mol. The Kier molecular flexibility index (Phi) is 3.09. The van der Waals surface area contributed by atoms with Gasteiger partial charge in [-0.3, -0.25) is 4.79 Å². The summed E-state index contributed by atoms with van der Waals surface area (Å²) in [6.07, 6.45) is -0.696. The number of nitrogens with zero attached hydrogens (tertiary/aromatic N) is 3. The number of aromatic nitrogens is 3. The quantitative estimate of drug-likeness (QED) is 0.578. The van der Waals surface area contributed by atoms with Gasteiger partial charge in [-0.2, -0.15) is 0 Å².